The van der Waals surface area contributed by atoms with Gasteiger partial charge in [0.1, 0.15) is 6.54 Å². The summed E-state index contributed by atoms with van der Waals surface area (Å²) in [5.41, 5.74) is 1.27. The van der Waals surface area contributed by atoms with Gasteiger partial charge in [-0.3, -0.25) is 14.9 Å². The van der Waals surface area contributed by atoms with Crippen LogP contribution in [0.3, 0.4) is 0 Å². The largest absolute Gasteiger partial charge is 0.331 e. The Kier molecular flexibility index (Phi) is 6.71. The maximum atomic E-state index is 12.4. The molecule has 0 unspecified atom stereocenters. The Hall–Kier alpha value is -2.09. The number of benzene rings is 2. The summed E-state index contributed by atoms with van der Waals surface area (Å²) in [5.74, 6) is 0.460. The summed E-state index contributed by atoms with van der Waals surface area (Å²) in [4.78, 5) is 26.9. The van der Waals surface area contributed by atoms with Gasteiger partial charge in [0.05, 0.1) is 36.9 Å². The minimum absolute atomic E-state index is 0.0597. The van der Waals surface area contributed by atoms with Gasteiger partial charge in [0, 0.05) is 27.6 Å². The molecule has 0 aromatic heterocycles. The van der Waals surface area contributed by atoms with Crippen molar-refractivity contribution in [1.29, 1.82) is 0 Å². The van der Waals surface area contributed by atoms with Crippen molar-refractivity contribution in [2.24, 2.45) is 0 Å². The predicted octanol–water partition coefficient (Wildman–Crippen LogP) is 2.27. The first-order valence-corrected chi connectivity index (χ1v) is 10.1. The maximum absolute atomic E-state index is 12.4. The third-order valence-electron chi connectivity index (χ3n) is 4.58. The minimum atomic E-state index is -0.426. The van der Waals surface area contributed by atoms with Gasteiger partial charge < -0.3 is 9.80 Å². The van der Waals surface area contributed by atoms with Gasteiger partial charge >= 0.3 is 0 Å². The summed E-state index contributed by atoms with van der Waals surface area (Å²) in [6.45, 7) is 4.24. The number of non-ortho nitro benzene ring substituents is 1. The van der Waals surface area contributed by atoms with Gasteiger partial charge in [-0.05, 0) is 24.3 Å². The number of hydrogen-bond acceptors (Lipinski definition) is 4. The Bertz CT molecular complexity index is 808. The maximum Gasteiger partial charge on any atom is 0.269 e. The zero-order valence-electron chi connectivity index (χ0n) is 14.8. The first-order chi connectivity index (χ1) is 13.0. The molecule has 1 aliphatic heterocycles. The molecular formula is C19H21ClN3O3S+. The fraction of sp³-hybridized carbons (Fsp3) is 0.316. The van der Waals surface area contributed by atoms with Crippen LogP contribution in [0, 0.1) is 10.1 Å². The van der Waals surface area contributed by atoms with Crippen LogP contribution in [0.15, 0.2) is 53.4 Å². The molecule has 8 heteroatoms. The summed E-state index contributed by atoms with van der Waals surface area (Å²) >= 11 is 7.45. The van der Waals surface area contributed by atoms with Gasteiger partial charge in [0.2, 0.25) is 5.91 Å². The van der Waals surface area contributed by atoms with Crippen molar-refractivity contribution in [1.82, 2.24) is 4.90 Å². The number of thioether (sulfide) groups is 1. The van der Waals surface area contributed by atoms with Gasteiger partial charge in [0.25, 0.3) is 5.69 Å². The molecule has 1 amide bonds. The molecule has 1 fully saturated rings. The second-order valence-corrected chi connectivity index (χ2v) is 7.96. The quantitative estimate of drug-likeness (QED) is 0.454. The topological polar surface area (TPSA) is 67.9 Å². The molecule has 0 bridgehead atoms. The van der Waals surface area contributed by atoms with Crippen molar-refractivity contribution in [3.63, 3.8) is 0 Å². The summed E-state index contributed by atoms with van der Waals surface area (Å²) in [6.07, 6.45) is 0. The van der Waals surface area contributed by atoms with Crippen LogP contribution in [0.1, 0.15) is 5.56 Å². The molecule has 27 heavy (non-hydrogen) atoms. The van der Waals surface area contributed by atoms with Crippen LogP contribution < -0.4 is 4.90 Å². The van der Waals surface area contributed by atoms with E-state index in [4.69, 9.17) is 11.6 Å². The Morgan fingerprint density at radius 1 is 1.19 bits per heavy atom. The summed E-state index contributed by atoms with van der Waals surface area (Å²) in [5, 5.41) is 11.4. The van der Waals surface area contributed by atoms with Crippen molar-refractivity contribution < 1.29 is 14.6 Å². The number of nitro benzene ring substituents is 1. The van der Waals surface area contributed by atoms with Crippen LogP contribution in [-0.2, 0) is 11.3 Å². The number of carbonyl (C=O) groups is 1. The minimum Gasteiger partial charge on any atom is -0.331 e. The van der Waals surface area contributed by atoms with E-state index in [1.165, 1.54) is 34.4 Å². The van der Waals surface area contributed by atoms with E-state index in [9.17, 15) is 14.9 Å². The lowest BCUT2D eigenvalue weighted by Gasteiger charge is -2.32. The highest BCUT2D eigenvalue weighted by Gasteiger charge is 2.23. The molecule has 2 aromatic carbocycles. The lowest BCUT2D eigenvalue weighted by atomic mass is 10.2. The molecule has 0 spiro atoms. The SMILES string of the molecule is O=C(CSc1ccc([N+](=O)[O-])cc1)N1CC[NH+](Cc2cccc(Cl)c2)CC1. The fourth-order valence-electron chi connectivity index (χ4n) is 3.09. The number of hydrogen-bond donors (Lipinski definition) is 1. The molecular weight excluding hydrogens is 386 g/mol. The lowest BCUT2D eigenvalue weighted by Crippen LogP contribution is -3.13. The van der Waals surface area contributed by atoms with Crippen molar-refractivity contribution >= 4 is 35.0 Å². The van der Waals surface area contributed by atoms with Crippen LogP contribution in [0.2, 0.25) is 5.02 Å². The summed E-state index contributed by atoms with van der Waals surface area (Å²) < 4.78 is 0. The van der Waals surface area contributed by atoms with E-state index in [0.717, 1.165) is 42.6 Å². The molecule has 142 valence electrons. The highest BCUT2D eigenvalue weighted by molar-refractivity contribution is 8.00. The predicted molar refractivity (Wildman–Crippen MR) is 106 cm³/mol. The van der Waals surface area contributed by atoms with Crippen molar-refractivity contribution in [2.45, 2.75) is 11.4 Å². The lowest BCUT2D eigenvalue weighted by molar-refractivity contribution is -0.917. The molecule has 1 heterocycles. The first kappa shape index (κ1) is 19.7. The number of piperazine rings is 1. The third-order valence-corrected chi connectivity index (χ3v) is 5.81. The van der Waals surface area contributed by atoms with E-state index in [0.29, 0.717) is 5.75 Å². The number of nitrogens with zero attached hydrogens (tertiary/aromatic N) is 2. The Labute approximate surface area is 167 Å². The molecule has 1 N–H and O–H groups in total. The standard InChI is InChI=1S/C19H20ClN3O3S/c20-16-3-1-2-15(12-16)13-21-8-10-22(11-9-21)19(24)14-27-18-6-4-17(5-7-18)23(25)26/h1-7,12H,8-11,13-14H2/p+1. The Balaban J connectivity index is 1.43. The Morgan fingerprint density at radius 3 is 2.52 bits per heavy atom. The smallest absolute Gasteiger partial charge is 0.269 e. The average molecular weight is 407 g/mol. The normalized spacial score (nSPS) is 14.9. The average Bonchev–Trinajstić information content (AvgIpc) is 2.67. The van der Waals surface area contributed by atoms with Crippen molar-refractivity contribution in [3.05, 3.63) is 69.2 Å². The molecule has 6 nitrogen and oxygen atoms in total. The summed E-state index contributed by atoms with van der Waals surface area (Å²) in [6, 6.07) is 14.2. The number of nitro groups is 1. The van der Waals surface area contributed by atoms with E-state index >= 15 is 0 Å². The second kappa shape index (κ2) is 9.21. The van der Waals surface area contributed by atoms with E-state index in [2.05, 4.69) is 6.07 Å². The zero-order chi connectivity index (χ0) is 19.2. The van der Waals surface area contributed by atoms with Crippen LogP contribution in [0.25, 0.3) is 0 Å². The van der Waals surface area contributed by atoms with E-state index < -0.39 is 4.92 Å². The molecule has 0 radical (unpaired) electrons. The second-order valence-electron chi connectivity index (χ2n) is 6.48. The van der Waals surface area contributed by atoms with Crippen LogP contribution >= 0.6 is 23.4 Å². The number of nitrogens with one attached hydrogen (secondary N) is 1. The molecule has 1 saturated heterocycles. The van der Waals surface area contributed by atoms with Crippen LogP contribution in [0.4, 0.5) is 5.69 Å². The highest BCUT2D eigenvalue weighted by Crippen LogP contribution is 2.21. The molecule has 2 aromatic rings. The number of rotatable bonds is 6. The van der Waals surface area contributed by atoms with Crippen LogP contribution in [0.5, 0.6) is 0 Å². The monoisotopic (exact) mass is 406 g/mol. The number of quaternary nitrogens is 1. The van der Waals surface area contributed by atoms with E-state index in [1.54, 1.807) is 12.1 Å². The van der Waals surface area contributed by atoms with Gasteiger partial charge in [-0.15, -0.1) is 11.8 Å². The third kappa shape index (κ3) is 5.69. The van der Waals surface area contributed by atoms with Crippen LogP contribution in [-0.4, -0.2) is 47.7 Å². The van der Waals surface area contributed by atoms with Gasteiger partial charge in [-0.2, -0.15) is 0 Å². The molecule has 3 rings (SSSR count). The van der Waals surface area contributed by atoms with Gasteiger partial charge in [0.15, 0.2) is 0 Å². The number of halogens is 1. The molecule has 0 atom stereocenters. The van der Waals surface area contributed by atoms with Gasteiger partial charge in [-0.1, -0.05) is 23.7 Å². The summed E-state index contributed by atoms with van der Waals surface area (Å²) in [7, 11) is 0. The van der Waals surface area contributed by atoms with Crippen molar-refractivity contribution in [3.8, 4) is 0 Å². The van der Waals surface area contributed by atoms with E-state index in [-0.39, 0.29) is 11.6 Å². The number of amides is 1. The van der Waals surface area contributed by atoms with Gasteiger partial charge in [-0.25, -0.2) is 0 Å². The van der Waals surface area contributed by atoms with Crippen molar-refractivity contribution in [2.75, 3.05) is 31.9 Å². The molecule has 1 aliphatic rings. The number of carbonyl (C=O) groups excluding carboxylic acids is 1. The highest BCUT2D eigenvalue weighted by atomic mass is 35.5. The Morgan fingerprint density at radius 2 is 1.89 bits per heavy atom. The zero-order valence-corrected chi connectivity index (χ0v) is 16.3. The molecule has 0 saturated carbocycles. The van der Waals surface area contributed by atoms with E-state index in [1.807, 2.05) is 23.1 Å². The molecule has 0 aliphatic carbocycles. The fourth-order valence-corrected chi connectivity index (χ4v) is 4.10. The first-order valence-electron chi connectivity index (χ1n) is 8.74.